The SMILES string of the molecule is CC(C)(C)c1cc2c(O)c(c1)Cc1cc(C(C)(C)C)cc(c1O)C(CCCCCCCCCC1c3cc(C(C)(C)C)cc(c3O)Cc3cc(C(C)(C)C)cc(c3O)Cc3cc(C(C)(C)C)cc(c3O)Cc3cc(C(C)(C)C)cc1c3O)c1cc(C(C)(C)C)cc(c1O)Cc1cc(C(C)(C)C)cc(c1O)C2. The van der Waals surface area contributed by atoms with Gasteiger partial charge in [-0.2, -0.15) is 0 Å². The number of phenols is 8. The topological polar surface area (TPSA) is 162 Å². The molecular formula is C97H128O8. The molecule has 105 heavy (non-hydrogen) atoms. The normalized spacial score (nSPS) is 14.6. The van der Waals surface area contributed by atoms with Crippen LogP contribution in [0.2, 0.25) is 0 Å². The van der Waals surface area contributed by atoms with Gasteiger partial charge in [0.1, 0.15) is 46.0 Å². The van der Waals surface area contributed by atoms with E-state index in [1.54, 1.807) is 0 Å². The first kappa shape index (κ1) is 79.7. The number of aromatic hydroxyl groups is 8. The van der Waals surface area contributed by atoms with E-state index in [2.05, 4.69) is 263 Å². The fourth-order valence-corrected chi connectivity index (χ4v) is 15.8. The van der Waals surface area contributed by atoms with Gasteiger partial charge in [0, 0.05) is 72.6 Å². The first-order valence-corrected chi connectivity index (χ1v) is 39.2. The molecule has 16 bridgehead atoms. The summed E-state index contributed by atoms with van der Waals surface area (Å²) < 4.78 is 0. The molecule has 10 rings (SSSR count). The highest BCUT2D eigenvalue weighted by Gasteiger charge is 2.35. The highest BCUT2D eigenvalue weighted by atomic mass is 16.3. The van der Waals surface area contributed by atoms with Gasteiger partial charge in [0.15, 0.2) is 0 Å². The van der Waals surface area contributed by atoms with Crippen molar-refractivity contribution in [2.75, 3.05) is 0 Å². The minimum absolute atomic E-state index is 0.163. The van der Waals surface area contributed by atoms with Crippen LogP contribution in [0.15, 0.2) is 97.1 Å². The van der Waals surface area contributed by atoms with Crippen molar-refractivity contribution >= 4 is 0 Å². The van der Waals surface area contributed by atoms with E-state index in [-0.39, 0.29) is 128 Å². The molecule has 0 heterocycles. The zero-order chi connectivity index (χ0) is 77.6. The third-order valence-corrected chi connectivity index (χ3v) is 23.1. The lowest BCUT2D eigenvalue weighted by atomic mass is 9.76. The second-order valence-corrected chi connectivity index (χ2v) is 40.1. The maximum Gasteiger partial charge on any atom is 0.122 e. The van der Waals surface area contributed by atoms with Crippen molar-refractivity contribution in [3.8, 4) is 46.0 Å². The highest BCUT2D eigenvalue weighted by Crippen LogP contribution is 2.52. The summed E-state index contributed by atoms with van der Waals surface area (Å²) in [5.74, 6) is 0.531. The monoisotopic (exact) mass is 1420 g/mol. The molecule has 0 fully saturated rings. The summed E-state index contributed by atoms with van der Waals surface area (Å²) in [7, 11) is 0. The first-order chi connectivity index (χ1) is 48.4. The zero-order valence-electron chi connectivity index (χ0n) is 68.6. The molecule has 8 N–H and O–H groups in total. The summed E-state index contributed by atoms with van der Waals surface area (Å²) in [4.78, 5) is 0. The fourth-order valence-electron chi connectivity index (χ4n) is 15.8. The molecule has 0 saturated carbocycles. The number of hydrogen-bond acceptors (Lipinski definition) is 8. The molecule has 8 heteroatoms. The Morgan fingerprint density at radius 3 is 0.457 bits per heavy atom. The molecule has 0 unspecified atom stereocenters. The molecule has 2 aliphatic carbocycles. The number of fused-ring (bicyclic) bond motifs is 16. The van der Waals surface area contributed by atoms with Gasteiger partial charge in [-0.1, -0.05) is 308 Å². The Kier molecular flexibility index (Phi) is 22.0. The quantitative estimate of drug-likeness (QED) is 0.0628. The maximum absolute atomic E-state index is 13.1. The summed E-state index contributed by atoms with van der Waals surface area (Å²) in [6, 6.07) is 33.8. The van der Waals surface area contributed by atoms with Crippen LogP contribution in [0, 0.1) is 0 Å². The molecule has 0 atom stereocenters. The van der Waals surface area contributed by atoms with Crippen molar-refractivity contribution in [3.63, 3.8) is 0 Å². The Labute approximate surface area is 631 Å². The van der Waals surface area contributed by atoms with E-state index < -0.39 is 11.8 Å². The number of unbranched alkanes of at least 4 members (excludes halogenated alkanes) is 6. The molecule has 2 aliphatic rings. The molecule has 0 aromatic heterocycles. The fraction of sp³-hybridized carbons (Fsp3) is 0.505. The summed E-state index contributed by atoms with van der Waals surface area (Å²) in [5.41, 5.74) is 17.7. The Hall–Kier alpha value is -7.84. The first-order valence-electron chi connectivity index (χ1n) is 39.2. The van der Waals surface area contributed by atoms with Crippen molar-refractivity contribution in [2.45, 2.75) is 318 Å². The van der Waals surface area contributed by atoms with Crippen molar-refractivity contribution in [3.05, 3.63) is 231 Å². The smallest absolute Gasteiger partial charge is 0.122 e. The second kappa shape index (κ2) is 29.0. The standard InChI is InChI=1S/C97H128O8/c1-90(2,3)68-40-56-34-57-41-69(91(4,5)6)45-61(83(57)99)37-65-49-73(95(16,17)18)53-79(87(65)103)76(78-52-72(94(13,14)15)48-64(86(78)102)36-60(44-68)82(56)98)32-30-28-26-25-27-29-31-33-77-80-54-74(96(19,20)21)50-66(88(80)104)38-62-46-70(92(7,8)9)42-58(84(62)100)35-59-43-71(93(10,11)12)47-63(85(59)101)39-67-51-75(97(22,23)24)55-81(77)89(67)105/h40-55,76-77,98-105H,25-39H2,1-24H3. The average molecular weight is 1420 g/mol. The van der Waals surface area contributed by atoms with E-state index in [4.69, 9.17) is 0 Å². The van der Waals surface area contributed by atoms with Gasteiger partial charge < -0.3 is 40.9 Å². The molecule has 8 aromatic carbocycles. The molecular weight excluding hydrogens is 1290 g/mol. The number of benzene rings is 8. The van der Waals surface area contributed by atoms with E-state index in [1.807, 2.05) is 0 Å². The highest BCUT2D eigenvalue weighted by molar-refractivity contribution is 5.64. The van der Waals surface area contributed by atoms with Crippen molar-refractivity contribution < 1.29 is 40.9 Å². The largest absolute Gasteiger partial charge is 0.507 e. The van der Waals surface area contributed by atoms with Gasteiger partial charge >= 0.3 is 0 Å². The maximum atomic E-state index is 13.1. The summed E-state index contributed by atoms with van der Waals surface area (Å²) in [6.07, 6.45) is 9.36. The predicted octanol–water partition coefficient (Wildman–Crippen LogP) is 24.4. The van der Waals surface area contributed by atoms with Crippen molar-refractivity contribution in [1.29, 1.82) is 0 Å². The van der Waals surface area contributed by atoms with Crippen LogP contribution in [0.5, 0.6) is 46.0 Å². The van der Waals surface area contributed by atoms with E-state index in [0.29, 0.717) is 79.6 Å². The Morgan fingerprint density at radius 1 is 0.190 bits per heavy atom. The van der Waals surface area contributed by atoms with Crippen LogP contribution in [-0.2, 0) is 81.8 Å². The molecule has 8 nitrogen and oxygen atoms in total. The molecule has 0 saturated heterocycles. The predicted molar refractivity (Wildman–Crippen MR) is 437 cm³/mol. The zero-order valence-corrected chi connectivity index (χ0v) is 68.6. The van der Waals surface area contributed by atoms with Gasteiger partial charge in [0.05, 0.1) is 0 Å². The van der Waals surface area contributed by atoms with Crippen LogP contribution in [0.4, 0.5) is 0 Å². The third kappa shape index (κ3) is 17.6. The minimum atomic E-state index is -0.417. The lowest BCUT2D eigenvalue weighted by molar-refractivity contribution is 0.437. The number of rotatable bonds is 10. The van der Waals surface area contributed by atoms with Gasteiger partial charge in [-0.15, -0.1) is 0 Å². The van der Waals surface area contributed by atoms with Crippen LogP contribution in [-0.4, -0.2) is 40.9 Å². The second-order valence-electron chi connectivity index (χ2n) is 40.1. The van der Waals surface area contributed by atoms with E-state index >= 15 is 0 Å². The van der Waals surface area contributed by atoms with Crippen LogP contribution in [0.1, 0.15) is 369 Å². The van der Waals surface area contributed by atoms with Crippen LogP contribution in [0.3, 0.4) is 0 Å². The van der Waals surface area contributed by atoms with Crippen LogP contribution >= 0.6 is 0 Å². The van der Waals surface area contributed by atoms with Crippen molar-refractivity contribution in [1.82, 2.24) is 0 Å². The van der Waals surface area contributed by atoms with Gasteiger partial charge in [-0.3, -0.25) is 0 Å². The van der Waals surface area contributed by atoms with Crippen LogP contribution in [0.25, 0.3) is 0 Å². The summed E-state index contributed by atoms with van der Waals surface area (Å²) in [6.45, 7) is 52.6. The van der Waals surface area contributed by atoms with Crippen LogP contribution < -0.4 is 0 Å². The van der Waals surface area contributed by atoms with Crippen molar-refractivity contribution in [2.24, 2.45) is 0 Å². The van der Waals surface area contributed by atoms with Gasteiger partial charge in [-0.05, 0) is 167 Å². The van der Waals surface area contributed by atoms with E-state index in [9.17, 15) is 40.9 Å². The van der Waals surface area contributed by atoms with E-state index in [1.165, 1.54) is 0 Å². The Morgan fingerprint density at radius 2 is 0.314 bits per heavy atom. The molecule has 0 spiro atoms. The molecule has 0 aliphatic heterocycles. The molecule has 0 amide bonds. The lowest BCUT2D eigenvalue weighted by Gasteiger charge is -2.30. The number of phenolic OH excluding ortho intramolecular Hbond substituents is 8. The summed E-state index contributed by atoms with van der Waals surface area (Å²) >= 11 is 0. The Bertz CT molecular complexity index is 4000. The minimum Gasteiger partial charge on any atom is -0.507 e. The average Bonchev–Trinajstić information content (AvgIpc) is 0.757. The van der Waals surface area contributed by atoms with E-state index in [0.717, 1.165) is 112 Å². The Balaban J connectivity index is 1.01. The molecule has 8 aromatic rings. The third-order valence-electron chi connectivity index (χ3n) is 23.1. The summed E-state index contributed by atoms with van der Waals surface area (Å²) in [5, 5.41) is 103. The van der Waals surface area contributed by atoms with Gasteiger partial charge in [0.2, 0.25) is 0 Å². The van der Waals surface area contributed by atoms with Gasteiger partial charge in [-0.25, -0.2) is 0 Å². The number of hydrogen-bond donors (Lipinski definition) is 8. The lowest BCUT2D eigenvalue weighted by Crippen LogP contribution is -2.17. The van der Waals surface area contributed by atoms with Gasteiger partial charge in [0.25, 0.3) is 0 Å². The molecule has 564 valence electrons. The molecule has 0 radical (unpaired) electrons.